The van der Waals surface area contributed by atoms with E-state index < -0.39 is 5.97 Å². The molecule has 2 heterocycles. The number of rotatable bonds is 6. The van der Waals surface area contributed by atoms with Crippen molar-refractivity contribution in [1.29, 1.82) is 0 Å². The molecule has 2 fully saturated rings. The lowest BCUT2D eigenvalue weighted by Gasteiger charge is -2.31. The fraction of sp³-hybridized carbons (Fsp3) is 0.867. The molecule has 0 aromatic carbocycles. The summed E-state index contributed by atoms with van der Waals surface area (Å²) in [7, 11) is 0. The largest absolute Gasteiger partial charge is 0.481 e. The van der Waals surface area contributed by atoms with E-state index in [1.807, 2.05) is 4.90 Å². The highest BCUT2D eigenvalue weighted by Crippen LogP contribution is 2.35. The summed E-state index contributed by atoms with van der Waals surface area (Å²) in [5.74, 6) is -0.0810. The van der Waals surface area contributed by atoms with Crippen molar-refractivity contribution >= 4 is 11.9 Å². The molecule has 0 radical (unpaired) electrons. The van der Waals surface area contributed by atoms with Crippen LogP contribution in [0.4, 0.5) is 0 Å². The van der Waals surface area contributed by atoms with Crippen LogP contribution < -0.4 is 5.32 Å². The first-order chi connectivity index (χ1) is 9.57. The summed E-state index contributed by atoms with van der Waals surface area (Å²) in [4.78, 5) is 25.4. The minimum absolute atomic E-state index is 0.198. The Morgan fingerprint density at radius 3 is 2.85 bits per heavy atom. The number of hydrogen-bond donors (Lipinski definition) is 2. The molecule has 5 nitrogen and oxygen atoms in total. The van der Waals surface area contributed by atoms with Crippen molar-refractivity contribution in [3.05, 3.63) is 0 Å². The van der Waals surface area contributed by atoms with Crippen LogP contribution in [0.15, 0.2) is 0 Å². The van der Waals surface area contributed by atoms with Gasteiger partial charge in [0.15, 0.2) is 0 Å². The molecule has 0 spiro atoms. The molecule has 114 valence electrons. The van der Waals surface area contributed by atoms with Crippen LogP contribution in [0, 0.1) is 11.3 Å². The van der Waals surface area contributed by atoms with Gasteiger partial charge in [-0.3, -0.25) is 9.59 Å². The summed E-state index contributed by atoms with van der Waals surface area (Å²) in [6, 6.07) is 0. The van der Waals surface area contributed by atoms with Gasteiger partial charge in [-0.05, 0) is 38.1 Å². The Bertz CT molecular complexity index is 364. The maximum Gasteiger partial charge on any atom is 0.303 e. The van der Waals surface area contributed by atoms with E-state index in [0.29, 0.717) is 18.2 Å². The van der Waals surface area contributed by atoms with Gasteiger partial charge in [0.2, 0.25) is 5.91 Å². The predicted octanol–water partition coefficient (Wildman–Crippen LogP) is 1.48. The number of nitrogens with one attached hydrogen (secondary N) is 1. The Hall–Kier alpha value is -1.10. The third-order valence-electron chi connectivity index (χ3n) is 4.77. The fourth-order valence-corrected chi connectivity index (χ4v) is 3.64. The maximum atomic E-state index is 12.8. The van der Waals surface area contributed by atoms with Gasteiger partial charge in [0.25, 0.3) is 0 Å². The molecule has 2 atom stereocenters. The monoisotopic (exact) mass is 282 g/mol. The van der Waals surface area contributed by atoms with Crippen LogP contribution in [0.25, 0.3) is 0 Å². The van der Waals surface area contributed by atoms with Crippen LogP contribution in [-0.4, -0.2) is 48.1 Å². The SMILES string of the molecule is CCCC1(C(=O)N2CCC(CCC(=O)O)C2)CCNC1. The van der Waals surface area contributed by atoms with Gasteiger partial charge in [-0.2, -0.15) is 0 Å². The van der Waals surface area contributed by atoms with Crippen LogP contribution in [0.3, 0.4) is 0 Å². The summed E-state index contributed by atoms with van der Waals surface area (Å²) in [6.07, 6.45) is 4.79. The van der Waals surface area contributed by atoms with Gasteiger partial charge in [-0.25, -0.2) is 0 Å². The van der Waals surface area contributed by atoms with Gasteiger partial charge < -0.3 is 15.3 Å². The zero-order chi connectivity index (χ0) is 14.6. The van der Waals surface area contributed by atoms with Crippen LogP contribution in [0.5, 0.6) is 0 Å². The van der Waals surface area contributed by atoms with Crippen molar-refractivity contribution in [2.24, 2.45) is 11.3 Å². The van der Waals surface area contributed by atoms with Crippen molar-refractivity contribution in [2.75, 3.05) is 26.2 Å². The van der Waals surface area contributed by atoms with Crippen molar-refractivity contribution in [2.45, 2.75) is 45.4 Å². The molecule has 5 heteroatoms. The van der Waals surface area contributed by atoms with Gasteiger partial charge in [0.05, 0.1) is 5.41 Å². The van der Waals surface area contributed by atoms with E-state index in [0.717, 1.165) is 51.9 Å². The number of carbonyl (C=O) groups excluding carboxylic acids is 1. The molecule has 2 rings (SSSR count). The summed E-state index contributed by atoms with van der Waals surface area (Å²) < 4.78 is 0. The molecule has 2 saturated heterocycles. The predicted molar refractivity (Wildman–Crippen MR) is 76.4 cm³/mol. The fourth-order valence-electron chi connectivity index (χ4n) is 3.64. The second-order valence-corrected chi connectivity index (χ2v) is 6.30. The Morgan fingerprint density at radius 1 is 1.45 bits per heavy atom. The normalized spacial score (nSPS) is 29.9. The van der Waals surface area contributed by atoms with Crippen molar-refractivity contribution < 1.29 is 14.7 Å². The number of carboxylic acid groups (broad SMARTS) is 1. The molecule has 2 aliphatic rings. The number of hydrogen-bond acceptors (Lipinski definition) is 3. The van der Waals surface area contributed by atoms with Crippen molar-refractivity contribution in [3.8, 4) is 0 Å². The highest BCUT2D eigenvalue weighted by atomic mass is 16.4. The minimum Gasteiger partial charge on any atom is -0.481 e. The van der Waals surface area contributed by atoms with E-state index in [9.17, 15) is 9.59 Å². The number of amides is 1. The molecule has 0 saturated carbocycles. The van der Waals surface area contributed by atoms with Gasteiger partial charge in [-0.1, -0.05) is 13.3 Å². The summed E-state index contributed by atoms with van der Waals surface area (Å²) >= 11 is 0. The molecule has 2 unspecified atom stereocenters. The van der Waals surface area contributed by atoms with Crippen molar-refractivity contribution in [3.63, 3.8) is 0 Å². The third kappa shape index (κ3) is 3.32. The number of aliphatic carboxylic acids is 1. The summed E-state index contributed by atoms with van der Waals surface area (Å²) in [5.41, 5.74) is -0.198. The Balaban J connectivity index is 1.91. The number of nitrogens with zero attached hydrogens (tertiary/aromatic N) is 1. The second-order valence-electron chi connectivity index (χ2n) is 6.30. The number of likely N-dealkylation sites (tertiary alicyclic amines) is 1. The molecule has 0 aromatic heterocycles. The first-order valence-electron chi connectivity index (χ1n) is 7.79. The van der Waals surface area contributed by atoms with Gasteiger partial charge in [-0.15, -0.1) is 0 Å². The molecule has 2 aliphatic heterocycles. The molecule has 0 aliphatic carbocycles. The molecular formula is C15H26N2O3. The van der Waals surface area contributed by atoms with Gasteiger partial charge >= 0.3 is 5.97 Å². The highest BCUT2D eigenvalue weighted by Gasteiger charge is 2.44. The Kier molecular flexibility index (Phi) is 5.02. The first-order valence-corrected chi connectivity index (χ1v) is 7.79. The zero-order valence-corrected chi connectivity index (χ0v) is 12.4. The van der Waals surface area contributed by atoms with E-state index >= 15 is 0 Å². The van der Waals surface area contributed by atoms with Crippen molar-refractivity contribution in [1.82, 2.24) is 10.2 Å². The molecule has 2 N–H and O–H groups in total. The van der Waals surface area contributed by atoms with E-state index in [1.165, 1.54) is 0 Å². The number of carboxylic acids is 1. The van der Waals surface area contributed by atoms with E-state index in [2.05, 4.69) is 12.2 Å². The quantitative estimate of drug-likeness (QED) is 0.774. The average Bonchev–Trinajstić information content (AvgIpc) is 3.05. The van der Waals surface area contributed by atoms with E-state index in [4.69, 9.17) is 5.11 Å². The van der Waals surface area contributed by atoms with Gasteiger partial charge in [0.1, 0.15) is 0 Å². The molecule has 0 aromatic rings. The maximum absolute atomic E-state index is 12.8. The molecular weight excluding hydrogens is 256 g/mol. The lowest BCUT2D eigenvalue weighted by Crippen LogP contribution is -2.44. The lowest BCUT2D eigenvalue weighted by atomic mass is 9.81. The summed E-state index contributed by atoms with van der Waals surface area (Å²) in [6.45, 7) is 5.41. The summed E-state index contributed by atoms with van der Waals surface area (Å²) in [5, 5.41) is 12.1. The lowest BCUT2D eigenvalue weighted by molar-refractivity contribution is -0.140. The highest BCUT2D eigenvalue weighted by molar-refractivity contribution is 5.83. The second kappa shape index (κ2) is 6.57. The minimum atomic E-state index is -0.739. The standard InChI is InChI=1S/C15H26N2O3/c1-2-6-15(7-8-16-11-15)14(20)17-9-5-12(10-17)3-4-13(18)19/h12,16H,2-11H2,1H3,(H,18,19). The van der Waals surface area contributed by atoms with Crippen LogP contribution in [0.2, 0.25) is 0 Å². The smallest absolute Gasteiger partial charge is 0.303 e. The molecule has 20 heavy (non-hydrogen) atoms. The molecule has 0 bridgehead atoms. The zero-order valence-electron chi connectivity index (χ0n) is 12.4. The topological polar surface area (TPSA) is 69.6 Å². The average molecular weight is 282 g/mol. The van der Waals surface area contributed by atoms with Gasteiger partial charge in [0, 0.05) is 26.1 Å². The Labute approximate surface area is 120 Å². The molecule has 1 amide bonds. The van der Waals surface area contributed by atoms with Crippen LogP contribution in [-0.2, 0) is 9.59 Å². The van der Waals surface area contributed by atoms with E-state index in [-0.39, 0.29) is 11.8 Å². The first kappa shape index (κ1) is 15.3. The van der Waals surface area contributed by atoms with Crippen LogP contribution in [0.1, 0.15) is 45.4 Å². The Morgan fingerprint density at radius 2 is 2.25 bits per heavy atom. The van der Waals surface area contributed by atoms with Crippen LogP contribution >= 0.6 is 0 Å². The number of carbonyl (C=O) groups is 2. The third-order valence-corrected chi connectivity index (χ3v) is 4.77. The van der Waals surface area contributed by atoms with E-state index in [1.54, 1.807) is 0 Å².